The number of rotatable bonds is 25. The minimum atomic E-state index is -0.855. The van der Waals surface area contributed by atoms with Crippen LogP contribution in [0, 0.1) is 25.2 Å². The summed E-state index contributed by atoms with van der Waals surface area (Å²) in [6.07, 6.45) is 5.88. The summed E-state index contributed by atoms with van der Waals surface area (Å²) in [4.78, 5) is 78.6. The van der Waals surface area contributed by atoms with E-state index in [1.54, 1.807) is 23.5 Å². The fourth-order valence-corrected chi connectivity index (χ4v) is 11.1. The predicted octanol–water partition coefficient (Wildman–Crippen LogP) is 6.74. The van der Waals surface area contributed by atoms with Crippen LogP contribution in [0.4, 0.5) is 0 Å². The summed E-state index contributed by atoms with van der Waals surface area (Å²) in [7, 11) is 0. The molecular formula is C58H73N7O10S. The number of fused-ring (bicyclic) bond motifs is 2. The molecule has 1 fully saturated rings. The van der Waals surface area contributed by atoms with E-state index in [0.717, 1.165) is 82.1 Å². The second kappa shape index (κ2) is 25.7. The molecule has 3 aromatic carbocycles. The van der Waals surface area contributed by atoms with E-state index in [4.69, 9.17) is 19.2 Å². The van der Waals surface area contributed by atoms with E-state index in [1.807, 2.05) is 64.4 Å². The lowest BCUT2D eigenvalue weighted by atomic mass is 9.76. The van der Waals surface area contributed by atoms with Crippen LogP contribution >= 0.6 is 11.3 Å². The third kappa shape index (κ3) is 14.2. The zero-order valence-electron chi connectivity index (χ0n) is 44.5. The number of nitrogens with zero attached hydrogens (tertiary/aromatic N) is 4. The van der Waals surface area contributed by atoms with Crippen LogP contribution in [-0.4, -0.2) is 117 Å². The average molecular weight is 1060 g/mol. The zero-order valence-corrected chi connectivity index (χ0v) is 45.3. The molecule has 76 heavy (non-hydrogen) atoms. The van der Waals surface area contributed by atoms with E-state index in [9.17, 15) is 34.2 Å². The minimum Gasteiger partial charge on any atom is -0.493 e. The number of ether oxygens (including phenoxy) is 3. The van der Waals surface area contributed by atoms with Gasteiger partial charge < -0.3 is 49.8 Å². The number of imidazole rings is 1. The maximum absolute atomic E-state index is 14.1. The molecule has 0 radical (unpaired) electrons. The van der Waals surface area contributed by atoms with Gasteiger partial charge in [-0.25, -0.2) is 9.97 Å². The highest BCUT2D eigenvalue weighted by Crippen LogP contribution is 2.37. The van der Waals surface area contributed by atoms with Crippen molar-refractivity contribution in [3.8, 4) is 27.4 Å². The summed E-state index contributed by atoms with van der Waals surface area (Å²) >= 11 is 1.57. The molecule has 17 nitrogen and oxygen atoms in total. The van der Waals surface area contributed by atoms with E-state index in [0.29, 0.717) is 29.8 Å². The summed E-state index contributed by atoms with van der Waals surface area (Å²) < 4.78 is 19.6. The Balaban J connectivity index is 0.693. The first kappa shape index (κ1) is 55.9. The molecule has 4 heterocycles. The van der Waals surface area contributed by atoms with Crippen molar-refractivity contribution in [1.29, 1.82) is 0 Å². The van der Waals surface area contributed by atoms with Crippen LogP contribution in [0.2, 0.25) is 0 Å². The maximum atomic E-state index is 14.1. The molecule has 0 bridgehead atoms. The largest absolute Gasteiger partial charge is 0.493 e. The van der Waals surface area contributed by atoms with E-state index in [-0.39, 0.29) is 114 Å². The highest BCUT2D eigenvalue weighted by Gasteiger charge is 2.44. The molecule has 0 unspecified atom stereocenters. The van der Waals surface area contributed by atoms with Crippen molar-refractivity contribution >= 4 is 40.7 Å². The number of amides is 4. The Morgan fingerprint density at radius 2 is 1.67 bits per heavy atom. The molecule has 4 amide bonds. The molecule has 1 saturated heterocycles. The highest BCUT2D eigenvalue weighted by atomic mass is 32.1. The topological polar surface area (TPSA) is 224 Å². The molecule has 2 aromatic heterocycles. The Hall–Kier alpha value is -6.31. The maximum Gasteiger partial charge on any atom is 0.251 e. The first-order chi connectivity index (χ1) is 36.6. The van der Waals surface area contributed by atoms with Crippen molar-refractivity contribution in [3.63, 3.8) is 0 Å². The smallest absolute Gasteiger partial charge is 0.251 e. The number of hydrogen-bond acceptors (Lipinski definition) is 13. The van der Waals surface area contributed by atoms with Crippen LogP contribution in [-0.2, 0) is 61.2 Å². The van der Waals surface area contributed by atoms with Gasteiger partial charge in [-0.05, 0) is 96.5 Å². The number of aliphatic hydroxyl groups is 2. The van der Waals surface area contributed by atoms with Gasteiger partial charge in [0.2, 0.25) is 17.7 Å². The first-order valence-corrected chi connectivity index (χ1v) is 27.5. The van der Waals surface area contributed by atoms with Crippen molar-refractivity contribution in [3.05, 3.63) is 111 Å². The Kier molecular flexibility index (Phi) is 18.9. The van der Waals surface area contributed by atoms with Crippen LogP contribution in [0.15, 0.2) is 66.3 Å². The van der Waals surface area contributed by atoms with Crippen LogP contribution in [0.25, 0.3) is 21.7 Å². The summed E-state index contributed by atoms with van der Waals surface area (Å²) in [6.45, 7) is 11.9. The number of hydrogen-bond donors (Lipinski definition) is 5. The number of carbonyl (C=O) groups excluding carboxylic acids is 5. The standard InChI is InChI=1S/C58H73N7O10S/c1-36-43(34-66)26-42(55(70)63-48-16-15-39-13-14-41(27-46(39)48)49-33-64-20-6-8-52(64)62-49)28-51(36)75-21-7-19-59-53(69)18-23-74-25-24-73-22-17-44(67)29-47(58(3,4)5)57(72)65-32-45(68)30-50(65)56(71)60-31-38-9-11-40(12-10-38)54-37(2)61-35-76-54/h9-14,26-28,33,35,45,47-48,50,66,68H,6-8,15-25,29-32,34H2,1-5H3,(H,59,69)(H,60,71)(H,63,70)/t45-,47-,48-,50+/m1/s1. The van der Waals surface area contributed by atoms with Gasteiger partial charge in [0.05, 0.1) is 73.6 Å². The summed E-state index contributed by atoms with van der Waals surface area (Å²) in [5, 5.41) is 29.8. The SMILES string of the molecule is Cc1ncsc1-c1ccc(CNC(=O)[C@@H]2C[C@@H](O)CN2C(=O)[C@@H](CC(=O)CCOCCOCCC(=O)NCCCOc2cc(C(=O)N[C@@H]3CCc4ccc(-c5cn6c(n5)CCC6)cc43)cc(CO)c2C)C(C)(C)C)cc1. The number of β-amino-alcohol motifs (C(OH)–C–C–N with tert-alkyl or cyclic N) is 1. The van der Waals surface area contributed by atoms with Gasteiger partial charge >= 0.3 is 0 Å². The van der Waals surface area contributed by atoms with E-state index in [1.165, 1.54) is 10.5 Å². The van der Waals surface area contributed by atoms with E-state index in [2.05, 4.69) is 49.9 Å². The molecule has 8 rings (SSSR count). The Labute approximate surface area is 449 Å². The third-order valence-corrected chi connectivity index (χ3v) is 15.7. The molecule has 4 atom stereocenters. The normalized spacial score (nSPS) is 17.3. The van der Waals surface area contributed by atoms with E-state index >= 15 is 0 Å². The molecular weight excluding hydrogens is 987 g/mol. The Morgan fingerprint density at radius 3 is 2.39 bits per heavy atom. The molecule has 0 spiro atoms. The number of Topliss-reactive ketones (excluding diaryl/α,β-unsaturated/α-hetero) is 1. The number of benzene rings is 3. The van der Waals surface area contributed by atoms with Crippen LogP contribution < -0.4 is 20.7 Å². The first-order valence-electron chi connectivity index (χ1n) is 26.6. The summed E-state index contributed by atoms with van der Waals surface area (Å²) in [5.74, 6) is -0.349. The second-order valence-electron chi connectivity index (χ2n) is 21.2. The number of thiazole rings is 1. The average Bonchev–Trinajstić information content (AvgIpc) is 4.27. The van der Waals surface area contributed by atoms with Gasteiger partial charge in [0.25, 0.3) is 5.91 Å². The molecule has 1 aliphatic carbocycles. The van der Waals surface area contributed by atoms with Gasteiger partial charge in [-0.2, -0.15) is 0 Å². The molecule has 0 saturated carbocycles. The Bertz CT molecular complexity index is 2830. The van der Waals surface area contributed by atoms with Gasteiger partial charge in [0.1, 0.15) is 23.4 Å². The summed E-state index contributed by atoms with van der Waals surface area (Å²) in [5.41, 5.74) is 10.2. The number of ketones is 1. The van der Waals surface area contributed by atoms with Crippen molar-refractivity contribution in [2.75, 3.05) is 46.1 Å². The lowest BCUT2D eigenvalue weighted by Crippen LogP contribution is -2.50. The molecule has 5 N–H and O–H groups in total. The summed E-state index contributed by atoms with van der Waals surface area (Å²) in [6, 6.07) is 16.7. The monoisotopic (exact) mass is 1060 g/mol. The molecule has 2 aliphatic heterocycles. The molecule has 18 heteroatoms. The van der Waals surface area contributed by atoms with Gasteiger partial charge in [-0.3, -0.25) is 24.0 Å². The van der Waals surface area contributed by atoms with Crippen LogP contribution in [0.5, 0.6) is 5.75 Å². The van der Waals surface area contributed by atoms with Crippen molar-refractivity contribution < 1.29 is 48.4 Å². The lowest BCUT2D eigenvalue weighted by Gasteiger charge is -2.34. The number of nitrogens with one attached hydrogen (secondary N) is 3. The fraction of sp³-hybridized carbons (Fsp3) is 0.500. The van der Waals surface area contributed by atoms with Gasteiger partial charge in [0.15, 0.2) is 0 Å². The lowest BCUT2D eigenvalue weighted by molar-refractivity contribution is -0.146. The van der Waals surface area contributed by atoms with Crippen LogP contribution in [0.3, 0.4) is 0 Å². The van der Waals surface area contributed by atoms with Crippen molar-refractivity contribution in [2.24, 2.45) is 11.3 Å². The number of aryl methyl sites for hydroxylation is 4. The van der Waals surface area contributed by atoms with Gasteiger partial charge in [0, 0.05) is 81.5 Å². The number of aromatic nitrogens is 3. The molecule has 406 valence electrons. The molecule has 3 aliphatic rings. The molecule has 5 aromatic rings. The van der Waals surface area contributed by atoms with Crippen molar-refractivity contribution in [1.82, 2.24) is 35.4 Å². The second-order valence-corrected chi connectivity index (χ2v) is 22.1. The quantitative estimate of drug-likeness (QED) is 0.0384. The van der Waals surface area contributed by atoms with Gasteiger partial charge in [-0.15, -0.1) is 11.3 Å². The fourth-order valence-electron chi connectivity index (χ4n) is 10.2. The van der Waals surface area contributed by atoms with Crippen LogP contribution in [0.1, 0.15) is 121 Å². The van der Waals surface area contributed by atoms with Gasteiger partial charge in [-0.1, -0.05) is 57.2 Å². The Morgan fingerprint density at radius 1 is 0.908 bits per heavy atom. The minimum absolute atomic E-state index is 0.0148. The third-order valence-electron chi connectivity index (χ3n) is 14.7. The number of likely N-dealkylation sites (tertiary alicyclic amines) is 1. The predicted molar refractivity (Wildman–Crippen MR) is 288 cm³/mol. The highest BCUT2D eigenvalue weighted by molar-refractivity contribution is 7.13. The zero-order chi connectivity index (χ0) is 53.9. The van der Waals surface area contributed by atoms with Crippen molar-refractivity contribution in [2.45, 2.75) is 130 Å². The number of aliphatic hydroxyl groups excluding tert-OH is 2. The number of carbonyl (C=O) groups is 5. The van der Waals surface area contributed by atoms with E-state index < -0.39 is 23.5 Å².